The molecule has 0 aromatic heterocycles. The normalized spacial score (nSPS) is 23.8. The number of hydrogen-bond acceptors (Lipinski definition) is 3. The number of anilines is 1. The third kappa shape index (κ3) is 2.61. The molecule has 1 aromatic carbocycles. The van der Waals surface area contributed by atoms with E-state index in [1.54, 1.807) is 0 Å². The summed E-state index contributed by atoms with van der Waals surface area (Å²) in [6.07, 6.45) is 0. The summed E-state index contributed by atoms with van der Waals surface area (Å²) in [5, 5.41) is 12.7. The van der Waals surface area contributed by atoms with E-state index in [9.17, 15) is 5.11 Å². The summed E-state index contributed by atoms with van der Waals surface area (Å²) in [7, 11) is 0. The number of rotatable bonds is 2. The number of nitrogens with zero attached hydrogens (tertiary/aromatic N) is 1. The number of hydrogen-bond donors (Lipinski definition) is 2. The molecule has 1 atom stereocenters. The summed E-state index contributed by atoms with van der Waals surface area (Å²) in [5.41, 5.74) is 2.60. The molecule has 0 spiro atoms. The van der Waals surface area contributed by atoms with Gasteiger partial charge in [-0.1, -0.05) is 17.7 Å². The van der Waals surface area contributed by atoms with Crippen LogP contribution in [0.25, 0.3) is 0 Å². The molecule has 3 heteroatoms. The number of piperazine rings is 1. The molecule has 0 amide bonds. The van der Waals surface area contributed by atoms with Gasteiger partial charge in [-0.15, -0.1) is 0 Å². The lowest BCUT2D eigenvalue weighted by molar-refractivity contribution is 0.210. The summed E-state index contributed by atoms with van der Waals surface area (Å²) < 4.78 is 0. The average Bonchev–Trinajstić information content (AvgIpc) is 2.30. The summed E-state index contributed by atoms with van der Waals surface area (Å²) in [6, 6.07) is 8.78. The Hall–Kier alpha value is -1.06. The Balaban J connectivity index is 2.23. The van der Waals surface area contributed by atoms with Gasteiger partial charge in [0.2, 0.25) is 0 Å². The van der Waals surface area contributed by atoms with Crippen molar-refractivity contribution in [2.24, 2.45) is 0 Å². The molecule has 1 fully saturated rings. The molecule has 1 saturated heterocycles. The zero-order valence-corrected chi connectivity index (χ0v) is 10.9. The van der Waals surface area contributed by atoms with Gasteiger partial charge in [-0.3, -0.25) is 0 Å². The summed E-state index contributed by atoms with van der Waals surface area (Å²) in [4.78, 5) is 2.38. The Bertz CT molecular complexity index is 372. The van der Waals surface area contributed by atoms with E-state index in [1.165, 1.54) is 11.3 Å². The van der Waals surface area contributed by atoms with E-state index in [4.69, 9.17) is 0 Å². The monoisotopic (exact) mass is 234 g/mol. The van der Waals surface area contributed by atoms with Gasteiger partial charge in [-0.2, -0.15) is 0 Å². The van der Waals surface area contributed by atoms with Gasteiger partial charge in [-0.25, -0.2) is 0 Å². The lowest BCUT2D eigenvalue weighted by Gasteiger charge is -2.47. The molecular weight excluding hydrogens is 212 g/mol. The van der Waals surface area contributed by atoms with Crippen LogP contribution in [0.15, 0.2) is 24.3 Å². The number of aryl methyl sites for hydroxylation is 1. The molecule has 0 bridgehead atoms. The number of aliphatic hydroxyl groups is 1. The van der Waals surface area contributed by atoms with E-state index in [-0.39, 0.29) is 18.2 Å². The highest BCUT2D eigenvalue weighted by Crippen LogP contribution is 2.26. The maximum atomic E-state index is 9.28. The fourth-order valence-corrected chi connectivity index (χ4v) is 2.32. The zero-order valence-electron chi connectivity index (χ0n) is 10.9. The third-order valence-corrected chi connectivity index (χ3v) is 3.52. The first-order valence-electron chi connectivity index (χ1n) is 6.21. The molecule has 0 radical (unpaired) electrons. The molecule has 1 unspecified atom stereocenters. The van der Waals surface area contributed by atoms with E-state index < -0.39 is 0 Å². The fraction of sp³-hybridized carbons (Fsp3) is 0.571. The van der Waals surface area contributed by atoms with Crippen molar-refractivity contribution in [2.45, 2.75) is 32.4 Å². The second-order valence-corrected chi connectivity index (χ2v) is 5.52. The molecule has 0 saturated carbocycles. The predicted molar refractivity (Wildman–Crippen MR) is 71.5 cm³/mol. The summed E-state index contributed by atoms with van der Waals surface area (Å²) in [5.74, 6) is 0. The van der Waals surface area contributed by atoms with Crippen LogP contribution in [-0.4, -0.2) is 36.4 Å². The van der Waals surface area contributed by atoms with Crippen LogP contribution in [0.3, 0.4) is 0 Å². The van der Waals surface area contributed by atoms with E-state index in [1.807, 2.05) is 0 Å². The second kappa shape index (κ2) is 4.67. The fourth-order valence-electron chi connectivity index (χ4n) is 2.32. The van der Waals surface area contributed by atoms with Gasteiger partial charge >= 0.3 is 0 Å². The van der Waals surface area contributed by atoms with Crippen molar-refractivity contribution in [3.05, 3.63) is 29.8 Å². The van der Waals surface area contributed by atoms with Gasteiger partial charge in [0.05, 0.1) is 6.61 Å². The van der Waals surface area contributed by atoms with Gasteiger partial charge in [0, 0.05) is 30.4 Å². The highest BCUT2D eigenvalue weighted by atomic mass is 16.3. The molecule has 1 aromatic rings. The predicted octanol–water partition coefficient (Wildman–Crippen LogP) is 1.54. The largest absolute Gasteiger partial charge is 0.395 e. The lowest BCUT2D eigenvalue weighted by Crippen LogP contribution is -2.63. The molecule has 1 aliphatic heterocycles. The van der Waals surface area contributed by atoms with Gasteiger partial charge in [0.25, 0.3) is 0 Å². The lowest BCUT2D eigenvalue weighted by atomic mass is 9.96. The van der Waals surface area contributed by atoms with Gasteiger partial charge < -0.3 is 15.3 Å². The van der Waals surface area contributed by atoms with Crippen LogP contribution in [-0.2, 0) is 0 Å². The van der Waals surface area contributed by atoms with Crippen LogP contribution < -0.4 is 10.2 Å². The molecule has 1 aliphatic rings. The zero-order chi connectivity index (χ0) is 12.5. The van der Waals surface area contributed by atoms with E-state index in [0.29, 0.717) is 0 Å². The van der Waals surface area contributed by atoms with E-state index in [2.05, 4.69) is 55.3 Å². The highest BCUT2D eigenvalue weighted by Gasteiger charge is 2.33. The molecule has 0 aliphatic carbocycles. The van der Waals surface area contributed by atoms with Crippen molar-refractivity contribution >= 4 is 5.69 Å². The molecule has 17 heavy (non-hydrogen) atoms. The molecule has 2 rings (SSSR count). The van der Waals surface area contributed by atoms with Crippen molar-refractivity contribution in [1.29, 1.82) is 0 Å². The molecule has 1 heterocycles. The van der Waals surface area contributed by atoms with Crippen LogP contribution in [0, 0.1) is 6.92 Å². The van der Waals surface area contributed by atoms with Gasteiger partial charge in [0.15, 0.2) is 0 Å². The maximum absolute atomic E-state index is 9.28. The Labute approximate surface area is 103 Å². The third-order valence-electron chi connectivity index (χ3n) is 3.52. The van der Waals surface area contributed by atoms with Crippen LogP contribution >= 0.6 is 0 Å². The first-order valence-corrected chi connectivity index (χ1v) is 6.21. The molecule has 94 valence electrons. The van der Waals surface area contributed by atoms with Crippen molar-refractivity contribution in [1.82, 2.24) is 5.32 Å². The van der Waals surface area contributed by atoms with Gasteiger partial charge in [0.1, 0.15) is 0 Å². The van der Waals surface area contributed by atoms with Crippen LogP contribution in [0.2, 0.25) is 0 Å². The van der Waals surface area contributed by atoms with E-state index in [0.717, 1.165) is 13.1 Å². The maximum Gasteiger partial charge on any atom is 0.0601 e. The molecule has 2 N–H and O–H groups in total. The minimum atomic E-state index is 0.0843. The first kappa shape index (κ1) is 12.4. The van der Waals surface area contributed by atoms with Crippen molar-refractivity contribution in [3.8, 4) is 0 Å². The van der Waals surface area contributed by atoms with Crippen molar-refractivity contribution in [3.63, 3.8) is 0 Å². The van der Waals surface area contributed by atoms with E-state index >= 15 is 0 Å². The summed E-state index contributed by atoms with van der Waals surface area (Å²) >= 11 is 0. The Kier molecular flexibility index (Phi) is 3.40. The van der Waals surface area contributed by atoms with Crippen molar-refractivity contribution in [2.75, 3.05) is 24.6 Å². The minimum Gasteiger partial charge on any atom is -0.395 e. The average molecular weight is 234 g/mol. The van der Waals surface area contributed by atoms with Crippen LogP contribution in [0.1, 0.15) is 19.4 Å². The van der Waals surface area contributed by atoms with Gasteiger partial charge in [-0.05, 0) is 32.9 Å². The number of aliphatic hydroxyl groups excluding tert-OH is 1. The number of benzene rings is 1. The smallest absolute Gasteiger partial charge is 0.0601 e. The Morgan fingerprint density at radius 1 is 1.35 bits per heavy atom. The van der Waals surface area contributed by atoms with Crippen LogP contribution in [0.5, 0.6) is 0 Å². The second-order valence-electron chi connectivity index (χ2n) is 5.52. The SMILES string of the molecule is Cc1ccc(N2CC(CO)NCC2(C)C)cc1. The minimum absolute atomic E-state index is 0.0843. The standard InChI is InChI=1S/C14H22N2O/c1-11-4-6-13(7-5-11)16-8-12(9-17)15-10-14(16,2)3/h4-7,12,15,17H,8-10H2,1-3H3. The molecule has 3 nitrogen and oxygen atoms in total. The Morgan fingerprint density at radius 3 is 2.59 bits per heavy atom. The van der Waals surface area contributed by atoms with Crippen LogP contribution in [0.4, 0.5) is 5.69 Å². The number of nitrogens with one attached hydrogen (secondary N) is 1. The summed E-state index contributed by atoms with van der Waals surface area (Å²) in [6.45, 7) is 8.50. The first-order chi connectivity index (χ1) is 8.03. The van der Waals surface area contributed by atoms with Crippen molar-refractivity contribution < 1.29 is 5.11 Å². The quantitative estimate of drug-likeness (QED) is 0.815. The molecular formula is C14H22N2O. The highest BCUT2D eigenvalue weighted by molar-refractivity contribution is 5.50. The topological polar surface area (TPSA) is 35.5 Å². The Morgan fingerprint density at radius 2 is 2.00 bits per heavy atom.